The molecule has 0 aliphatic rings. The van der Waals surface area contributed by atoms with Crippen molar-refractivity contribution in [1.29, 1.82) is 0 Å². The molecule has 0 aromatic heterocycles. The van der Waals surface area contributed by atoms with Crippen molar-refractivity contribution in [1.82, 2.24) is 0 Å². The Morgan fingerprint density at radius 2 is 1.59 bits per heavy atom. The van der Waals surface area contributed by atoms with Crippen LogP contribution in [0.4, 0.5) is 0 Å². The molecule has 1 unspecified atom stereocenters. The Morgan fingerprint density at radius 3 is 2.18 bits per heavy atom. The Kier molecular flexibility index (Phi) is 6.35. The standard InChI is InChI=1S/C19H21ClN2/c1-3-15(2)18(20)22-19(17-12-8-5-9-13-17)21-14-16-10-6-4-7-11-16/h4-13,15H,3,14H2,1-2H3/b21-19-,22-18+. The van der Waals surface area contributed by atoms with Crippen molar-refractivity contribution in [2.75, 3.05) is 0 Å². The molecule has 0 aliphatic carbocycles. The van der Waals surface area contributed by atoms with Crippen LogP contribution in [0.25, 0.3) is 0 Å². The lowest BCUT2D eigenvalue weighted by Crippen LogP contribution is -2.08. The van der Waals surface area contributed by atoms with Gasteiger partial charge in [0.2, 0.25) is 0 Å². The van der Waals surface area contributed by atoms with E-state index in [1.165, 1.54) is 0 Å². The minimum absolute atomic E-state index is 0.243. The molecule has 0 saturated carbocycles. The average Bonchev–Trinajstić information content (AvgIpc) is 2.59. The lowest BCUT2D eigenvalue weighted by Gasteiger charge is -2.08. The summed E-state index contributed by atoms with van der Waals surface area (Å²) in [5, 5.41) is 0.609. The highest BCUT2D eigenvalue weighted by Gasteiger charge is 2.08. The van der Waals surface area contributed by atoms with E-state index in [1.54, 1.807) is 0 Å². The lowest BCUT2D eigenvalue weighted by molar-refractivity contribution is 0.749. The molecule has 0 amide bonds. The predicted molar refractivity (Wildman–Crippen MR) is 95.9 cm³/mol. The summed E-state index contributed by atoms with van der Waals surface area (Å²) in [7, 11) is 0. The molecule has 114 valence electrons. The van der Waals surface area contributed by atoms with E-state index < -0.39 is 0 Å². The first-order valence-corrected chi connectivity index (χ1v) is 7.96. The van der Waals surface area contributed by atoms with Crippen molar-refractivity contribution in [3.63, 3.8) is 0 Å². The van der Waals surface area contributed by atoms with Crippen LogP contribution in [-0.2, 0) is 6.54 Å². The van der Waals surface area contributed by atoms with Crippen LogP contribution in [0.1, 0.15) is 31.4 Å². The predicted octanol–water partition coefficient (Wildman–Crippen LogP) is 5.32. The van der Waals surface area contributed by atoms with Crippen LogP contribution >= 0.6 is 11.6 Å². The summed E-state index contributed by atoms with van der Waals surface area (Å²) in [5.74, 6) is 0.932. The quantitative estimate of drug-likeness (QED) is 0.527. The monoisotopic (exact) mass is 312 g/mol. The maximum Gasteiger partial charge on any atom is 0.156 e. The Hall–Kier alpha value is -1.93. The van der Waals surface area contributed by atoms with Crippen molar-refractivity contribution in [2.45, 2.75) is 26.8 Å². The van der Waals surface area contributed by atoms with Crippen molar-refractivity contribution >= 4 is 22.6 Å². The van der Waals surface area contributed by atoms with E-state index >= 15 is 0 Å². The first kappa shape index (κ1) is 16.4. The molecule has 2 aromatic carbocycles. The maximum absolute atomic E-state index is 6.33. The molecule has 0 radical (unpaired) electrons. The third-order valence-corrected chi connectivity index (χ3v) is 3.97. The fourth-order valence-electron chi connectivity index (χ4n) is 1.91. The molecule has 0 spiro atoms. The average molecular weight is 313 g/mol. The van der Waals surface area contributed by atoms with Crippen LogP contribution in [0.5, 0.6) is 0 Å². The highest BCUT2D eigenvalue weighted by molar-refractivity contribution is 6.66. The van der Waals surface area contributed by atoms with Gasteiger partial charge in [-0.1, -0.05) is 86.1 Å². The number of aliphatic imine (C=N–C) groups is 2. The highest BCUT2D eigenvalue weighted by atomic mass is 35.5. The number of hydrogen-bond donors (Lipinski definition) is 0. The molecule has 0 aliphatic heterocycles. The Labute approximate surface area is 137 Å². The van der Waals surface area contributed by atoms with E-state index in [0.29, 0.717) is 17.6 Å². The topological polar surface area (TPSA) is 24.7 Å². The number of hydrogen-bond acceptors (Lipinski definition) is 1. The number of amidine groups is 1. The molecule has 2 rings (SSSR count). The molecule has 0 bridgehead atoms. The Balaban J connectivity index is 2.30. The van der Waals surface area contributed by atoms with E-state index in [-0.39, 0.29) is 5.92 Å². The van der Waals surface area contributed by atoms with E-state index in [4.69, 9.17) is 11.6 Å². The highest BCUT2D eigenvalue weighted by Crippen LogP contribution is 2.12. The van der Waals surface area contributed by atoms with Gasteiger partial charge in [0.25, 0.3) is 0 Å². The van der Waals surface area contributed by atoms with Crippen molar-refractivity contribution in [2.24, 2.45) is 15.9 Å². The second-order valence-corrected chi connectivity index (χ2v) is 5.62. The summed E-state index contributed by atoms with van der Waals surface area (Å²) in [6.45, 7) is 4.77. The molecule has 22 heavy (non-hydrogen) atoms. The van der Waals surface area contributed by atoms with E-state index in [9.17, 15) is 0 Å². The van der Waals surface area contributed by atoms with Crippen LogP contribution in [0.3, 0.4) is 0 Å². The number of benzene rings is 2. The van der Waals surface area contributed by atoms with Crippen molar-refractivity contribution < 1.29 is 0 Å². The molecule has 2 nitrogen and oxygen atoms in total. The van der Waals surface area contributed by atoms with E-state index in [0.717, 1.165) is 17.5 Å². The van der Waals surface area contributed by atoms with Gasteiger partial charge in [0.05, 0.1) is 6.54 Å². The molecule has 0 N–H and O–H groups in total. The lowest BCUT2D eigenvalue weighted by atomic mass is 10.1. The van der Waals surface area contributed by atoms with Crippen LogP contribution in [0, 0.1) is 5.92 Å². The van der Waals surface area contributed by atoms with Gasteiger partial charge in [-0.15, -0.1) is 0 Å². The molecule has 3 heteroatoms. The van der Waals surface area contributed by atoms with Gasteiger partial charge in [-0.05, 0) is 12.0 Å². The fraction of sp³-hybridized carbons (Fsp3) is 0.263. The fourth-order valence-corrected chi connectivity index (χ4v) is 2.14. The maximum atomic E-state index is 6.33. The normalized spacial score (nSPS) is 14.0. The summed E-state index contributed by atoms with van der Waals surface area (Å²) in [6, 6.07) is 20.1. The summed E-state index contributed by atoms with van der Waals surface area (Å²) in [4.78, 5) is 9.23. The summed E-state index contributed by atoms with van der Waals surface area (Å²) >= 11 is 6.33. The van der Waals surface area contributed by atoms with Gasteiger partial charge in [-0.25, -0.2) is 4.99 Å². The zero-order chi connectivity index (χ0) is 15.8. The van der Waals surface area contributed by atoms with Crippen LogP contribution < -0.4 is 0 Å². The van der Waals surface area contributed by atoms with Gasteiger partial charge < -0.3 is 0 Å². The van der Waals surface area contributed by atoms with Crippen LogP contribution in [0.2, 0.25) is 0 Å². The number of rotatable bonds is 5. The van der Waals surface area contributed by atoms with E-state index in [1.807, 2.05) is 48.5 Å². The third kappa shape index (κ3) is 4.81. The largest absolute Gasteiger partial charge is 0.261 e. The van der Waals surface area contributed by atoms with Gasteiger partial charge in [-0.3, -0.25) is 4.99 Å². The minimum Gasteiger partial charge on any atom is -0.261 e. The second-order valence-electron chi connectivity index (χ2n) is 5.24. The van der Waals surface area contributed by atoms with Gasteiger partial charge in [0.1, 0.15) is 5.17 Å². The Bertz CT molecular complexity index is 633. The van der Waals surface area contributed by atoms with Crippen LogP contribution in [0.15, 0.2) is 70.6 Å². The molecular formula is C19H21ClN2. The molecule has 1 atom stereocenters. The van der Waals surface area contributed by atoms with Gasteiger partial charge in [0.15, 0.2) is 5.84 Å². The summed E-state index contributed by atoms with van der Waals surface area (Å²) < 4.78 is 0. The molecule has 0 heterocycles. The van der Waals surface area contributed by atoms with Crippen LogP contribution in [-0.4, -0.2) is 11.0 Å². The number of halogens is 1. The van der Waals surface area contributed by atoms with Crippen molar-refractivity contribution in [3.8, 4) is 0 Å². The zero-order valence-electron chi connectivity index (χ0n) is 13.0. The zero-order valence-corrected chi connectivity index (χ0v) is 13.8. The van der Waals surface area contributed by atoms with Crippen molar-refractivity contribution in [3.05, 3.63) is 71.8 Å². The third-order valence-electron chi connectivity index (χ3n) is 3.52. The SMILES string of the molecule is CCC(C)/C(Cl)=N\C(=N/Cc1ccccc1)c1ccccc1. The second kappa shape index (κ2) is 8.50. The van der Waals surface area contributed by atoms with Gasteiger partial charge >= 0.3 is 0 Å². The van der Waals surface area contributed by atoms with Gasteiger partial charge in [-0.2, -0.15) is 0 Å². The summed E-state index contributed by atoms with van der Waals surface area (Å²) in [6.07, 6.45) is 0.961. The minimum atomic E-state index is 0.243. The number of nitrogens with zero attached hydrogens (tertiary/aromatic N) is 2. The summed E-state index contributed by atoms with van der Waals surface area (Å²) in [5.41, 5.74) is 2.14. The Morgan fingerprint density at radius 1 is 1.00 bits per heavy atom. The van der Waals surface area contributed by atoms with Gasteiger partial charge in [0, 0.05) is 11.5 Å². The smallest absolute Gasteiger partial charge is 0.156 e. The molecule has 2 aromatic rings. The molecular weight excluding hydrogens is 292 g/mol. The first-order valence-electron chi connectivity index (χ1n) is 7.58. The molecule has 0 saturated heterocycles. The van der Waals surface area contributed by atoms with E-state index in [2.05, 4.69) is 36.0 Å². The first-order chi connectivity index (χ1) is 10.7. The molecule has 0 fully saturated rings.